The first-order valence-corrected chi connectivity index (χ1v) is 7.92. The average molecular weight is 264 g/mol. The number of nitrogens with zero attached hydrogens (tertiary/aromatic N) is 2. The molecule has 0 radical (unpaired) electrons. The van der Waals surface area contributed by atoms with E-state index in [0.717, 1.165) is 18.7 Å². The maximum Gasteiger partial charge on any atom is 0.0623 e. The molecule has 1 fully saturated rings. The zero-order valence-electron chi connectivity index (χ0n) is 12.4. The van der Waals surface area contributed by atoms with Crippen molar-refractivity contribution in [2.75, 3.05) is 0 Å². The van der Waals surface area contributed by atoms with Crippen molar-refractivity contribution in [1.29, 1.82) is 0 Å². The van der Waals surface area contributed by atoms with Gasteiger partial charge in [-0.3, -0.25) is 4.68 Å². The molecule has 108 valence electrons. The van der Waals surface area contributed by atoms with Gasteiger partial charge in [-0.15, -0.1) is 0 Å². The molecule has 0 saturated heterocycles. The second-order valence-electron chi connectivity index (χ2n) is 5.97. The van der Waals surface area contributed by atoms with E-state index in [-0.39, 0.29) is 6.10 Å². The van der Waals surface area contributed by atoms with Gasteiger partial charge >= 0.3 is 0 Å². The summed E-state index contributed by atoms with van der Waals surface area (Å²) in [5.41, 5.74) is 2.25. The molecule has 1 aliphatic carbocycles. The Balaban J connectivity index is 1.96. The smallest absolute Gasteiger partial charge is 0.0623 e. The Morgan fingerprint density at radius 2 is 1.89 bits per heavy atom. The summed E-state index contributed by atoms with van der Waals surface area (Å²) in [6, 6.07) is 2.12. The first-order valence-electron chi connectivity index (χ1n) is 7.92. The van der Waals surface area contributed by atoms with Crippen LogP contribution in [0.25, 0.3) is 0 Å². The quantitative estimate of drug-likeness (QED) is 0.904. The molecule has 0 spiro atoms. The van der Waals surface area contributed by atoms with Gasteiger partial charge in [0, 0.05) is 18.7 Å². The van der Waals surface area contributed by atoms with Crippen molar-refractivity contribution < 1.29 is 5.11 Å². The highest BCUT2D eigenvalue weighted by atomic mass is 16.3. The fourth-order valence-electron chi connectivity index (χ4n) is 3.29. The molecule has 0 bridgehead atoms. The van der Waals surface area contributed by atoms with Crippen LogP contribution in [0, 0.1) is 12.8 Å². The lowest BCUT2D eigenvalue weighted by Crippen LogP contribution is -2.25. The van der Waals surface area contributed by atoms with Crippen molar-refractivity contribution >= 4 is 0 Å². The maximum atomic E-state index is 10.5. The first-order chi connectivity index (χ1) is 9.20. The summed E-state index contributed by atoms with van der Waals surface area (Å²) in [5, 5.41) is 15.0. The SMILES string of the molecule is CCn1nc(C)cc1CC(O)C1CCCCCCC1. The van der Waals surface area contributed by atoms with Crippen molar-refractivity contribution in [2.24, 2.45) is 5.92 Å². The molecule has 2 rings (SSSR count). The van der Waals surface area contributed by atoms with Gasteiger partial charge in [-0.25, -0.2) is 0 Å². The van der Waals surface area contributed by atoms with Gasteiger partial charge in [-0.05, 0) is 38.7 Å². The molecule has 1 unspecified atom stereocenters. The lowest BCUT2D eigenvalue weighted by molar-refractivity contribution is 0.0894. The van der Waals surface area contributed by atoms with E-state index in [1.54, 1.807) is 0 Å². The number of aromatic nitrogens is 2. The van der Waals surface area contributed by atoms with Gasteiger partial charge in [-0.1, -0.05) is 32.1 Å². The molecular formula is C16H28N2O. The highest BCUT2D eigenvalue weighted by Gasteiger charge is 2.21. The third-order valence-electron chi connectivity index (χ3n) is 4.40. The van der Waals surface area contributed by atoms with E-state index in [9.17, 15) is 5.11 Å². The van der Waals surface area contributed by atoms with E-state index in [2.05, 4.69) is 18.1 Å². The van der Waals surface area contributed by atoms with Gasteiger partial charge in [0.05, 0.1) is 11.8 Å². The molecule has 1 aromatic heterocycles. The van der Waals surface area contributed by atoms with Crippen LogP contribution in [0.1, 0.15) is 63.3 Å². The van der Waals surface area contributed by atoms with Crippen LogP contribution in [0.5, 0.6) is 0 Å². The normalized spacial score (nSPS) is 19.9. The minimum Gasteiger partial charge on any atom is -0.392 e. The number of hydrogen-bond acceptors (Lipinski definition) is 2. The molecule has 19 heavy (non-hydrogen) atoms. The fourth-order valence-corrected chi connectivity index (χ4v) is 3.29. The Morgan fingerprint density at radius 1 is 1.26 bits per heavy atom. The van der Waals surface area contributed by atoms with E-state index in [1.165, 1.54) is 50.6 Å². The second kappa shape index (κ2) is 7.09. The van der Waals surface area contributed by atoms with Crippen LogP contribution in [-0.2, 0) is 13.0 Å². The molecule has 0 aromatic carbocycles. The van der Waals surface area contributed by atoms with Gasteiger partial charge in [-0.2, -0.15) is 5.10 Å². The fraction of sp³-hybridized carbons (Fsp3) is 0.812. The molecule has 0 aliphatic heterocycles. The van der Waals surface area contributed by atoms with Crippen LogP contribution >= 0.6 is 0 Å². The summed E-state index contributed by atoms with van der Waals surface area (Å²) in [7, 11) is 0. The summed E-state index contributed by atoms with van der Waals surface area (Å²) >= 11 is 0. The zero-order valence-corrected chi connectivity index (χ0v) is 12.4. The average Bonchev–Trinajstić information content (AvgIpc) is 2.68. The van der Waals surface area contributed by atoms with Crippen molar-refractivity contribution in [2.45, 2.75) is 77.9 Å². The summed E-state index contributed by atoms with van der Waals surface area (Å²) in [6.45, 7) is 5.02. The van der Waals surface area contributed by atoms with E-state index < -0.39 is 0 Å². The molecule has 0 amide bonds. The van der Waals surface area contributed by atoms with Crippen LogP contribution in [0.15, 0.2) is 6.07 Å². The lowest BCUT2D eigenvalue weighted by Gasteiger charge is -2.25. The van der Waals surface area contributed by atoms with Crippen molar-refractivity contribution in [3.8, 4) is 0 Å². The molecule has 1 heterocycles. The molecule has 1 saturated carbocycles. The lowest BCUT2D eigenvalue weighted by atomic mass is 9.85. The molecule has 1 aromatic rings. The summed E-state index contributed by atoms with van der Waals surface area (Å²) in [5.74, 6) is 0.487. The number of aliphatic hydroxyl groups excluding tert-OH is 1. The Hall–Kier alpha value is -0.830. The largest absolute Gasteiger partial charge is 0.392 e. The third-order valence-corrected chi connectivity index (χ3v) is 4.40. The number of aliphatic hydroxyl groups is 1. The molecular weight excluding hydrogens is 236 g/mol. The minimum atomic E-state index is -0.195. The van der Waals surface area contributed by atoms with E-state index in [1.807, 2.05) is 11.6 Å². The Bertz CT molecular complexity index is 378. The number of rotatable bonds is 4. The minimum absolute atomic E-state index is 0.195. The number of aryl methyl sites for hydroxylation is 2. The predicted molar refractivity (Wildman–Crippen MR) is 78.2 cm³/mol. The van der Waals surface area contributed by atoms with Gasteiger partial charge in [0.25, 0.3) is 0 Å². The van der Waals surface area contributed by atoms with Crippen LogP contribution in [0.4, 0.5) is 0 Å². The second-order valence-corrected chi connectivity index (χ2v) is 5.97. The van der Waals surface area contributed by atoms with Crippen LogP contribution in [-0.4, -0.2) is 21.0 Å². The highest BCUT2D eigenvalue weighted by molar-refractivity contribution is 5.10. The summed E-state index contributed by atoms with van der Waals surface area (Å²) in [6.07, 6.45) is 9.59. The maximum absolute atomic E-state index is 10.5. The third kappa shape index (κ3) is 4.07. The molecule has 1 N–H and O–H groups in total. The molecule has 1 aliphatic rings. The Labute approximate surface area is 117 Å². The van der Waals surface area contributed by atoms with E-state index in [0.29, 0.717) is 5.92 Å². The Kier molecular flexibility index (Phi) is 5.44. The number of hydrogen-bond donors (Lipinski definition) is 1. The molecule has 3 heteroatoms. The van der Waals surface area contributed by atoms with E-state index in [4.69, 9.17) is 0 Å². The van der Waals surface area contributed by atoms with Gasteiger partial charge in [0.1, 0.15) is 0 Å². The molecule has 3 nitrogen and oxygen atoms in total. The van der Waals surface area contributed by atoms with Crippen molar-refractivity contribution in [3.63, 3.8) is 0 Å². The van der Waals surface area contributed by atoms with Crippen LogP contribution < -0.4 is 0 Å². The van der Waals surface area contributed by atoms with Gasteiger partial charge < -0.3 is 5.11 Å². The van der Waals surface area contributed by atoms with Crippen molar-refractivity contribution in [1.82, 2.24) is 9.78 Å². The summed E-state index contributed by atoms with van der Waals surface area (Å²) < 4.78 is 2.03. The predicted octanol–water partition coefficient (Wildman–Crippen LogP) is 3.48. The van der Waals surface area contributed by atoms with Crippen LogP contribution in [0.3, 0.4) is 0 Å². The van der Waals surface area contributed by atoms with E-state index >= 15 is 0 Å². The standard InChI is InChI=1S/C16H28N2O/c1-3-18-15(11-13(2)17-18)12-16(19)14-9-7-5-4-6-8-10-14/h11,14,16,19H,3-10,12H2,1-2H3. The highest BCUT2D eigenvalue weighted by Crippen LogP contribution is 2.26. The van der Waals surface area contributed by atoms with Crippen LogP contribution in [0.2, 0.25) is 0 Å². The van der Waals surface area contributed by atoms with Gasteiger partial charge in [0.2, 0.25) is 0 Å². The Morgan fingerprint density at radius 3 is 2.53 bits per heavy atom. The zero-order chi connectivity index (χ0) is 13.7. The monoisotopic (exact) mass is 264 g/mol. The topological polar surface area (TPSA) is 38.0 Å². The van der Waals surface area contributed by atoms with Gasteiger partial charge in [0.15, 0.2) is 0 Å². The molecule has 1 atom stereocenters. The van der Waals surface area contributed by atoms with Crippen molar-refractivity contribution in [3.05, 3.63) is 17.5 Å². The first kappa shape index (κ1) is 14.6. The summed E-state index contributed by atoms with van der Waals surface area (Å²) in [4.78, 5) is 0.